The number of aliphatic hydroxyl groups is 1. The summed E-state index contributed by atoms with van der Waals surface area (Å²) in [6.07, 6.45) is 8.05. The third kappa shape index (κ3) is 3.62. The standard InChI is InChI=1S/C27H33N3O5/c1-17-9-10-18(2)19(16-17)29-14-7-11-27-22(21-20(35-27)8-6-12-28(3)24(21)32)25(33)30(13-4-5-15-31)23(27)26(29)34/h6-11,16,20-23,31H,4-5,12-15H2,1-3H3/t20-,21+,22-,23?,27-/m0/s1. The molecule has 1 aromatic carbocycles. The van der Waals surface area contributed by atoms with E-state index < -0.39 is 29.6 Å². The van der Waals surface area contributed by atoms with Crippen LogP contribution >= 0.6 is 0 Å². The van der Waals surface area contributed by atoms with Gasteiger partial charge in [-0.15, -0.1) is 0 Å². The minimum Gasteiger partial charge on any atom is -0.396 e. The van der Waals surface area contributed by atoms with Crippen LogP contribution in [0.25, 0.3) is 0 Å². The van der Waals surface area contributed by atoms with Gasteiger partial charge in [0.25, 0.3) is 5.91 Å². The molecule has 0 saturated carbocycles. The lowest BCUT2D eigenvalue weighted by atomic mass is 9.77. The fourth-order valence-corrected chi connectivity index (χ4v) is 6.12. The predicted molar refractivity (Wildman–Crippen MR) is 131 cm³/mol. The van der Waals surface area contributed by atoms with E-state index in [0.29, 0.717) is 32.5 Å². The van der Waals surface area contributed by atoms with E-state index in [-0.39, 0.29) is 24.3 Å². The topological polar surface area (TPSA) is 90.4 Å². The molecule has 8 nitrogen and oxygen atoms in total. The maximum Gasteiger partial charge on any atom is 0.253 e. The largest absolute Gasteiger partial charge is 0.396 e. The molecule has 0 bridgehead atoms. The zero-order chi connectivity index (χ0) is 24.9. The summed E-state index contributed by atoms with van der Waals surface area (Å²) in [5, 5.41) is 9.32. The number of carbonyl (C=O) groups is 3. The lowest BCUT2D eigenvalue weighted by Gasteiger charge is -2.35. The number of fused-ring (bicyclic) bond motifs is 2. The fourth-order valence-electron chi connectivity index (χ4n) is 6.12. The van der Waals surface area contributed by atoms with Crippen LogP contribution in [0.1, 0.15) is 24.0 Å². The number of aryl methyl sites for hydroxylation is 2. The Morgan fingerprint density at radius 2 is 1.86 bits per heavy atom. The van der Waals surface area contributed by atoms with Crippen molar-refractivity contribution in [3.05, 3.63) is 53.6 Å². The van der Waals surface area contributed by atoms with Crippen molar-refractivity contribution in [2.75, 3.05) is 38.2 Å². The number of likely N-dealkylation sites (N-methyl/N-ethyl adjacent to an activating group) is 1. The Morgan fingerprint density at radius 1 is 1.06 bits per heavy atom. The molecular formula is C27H33N3O5. The lowest BCUT2D eigenvalue weighted by molar-refractivity contribution is -0.143. The Bertz CT molecular complexity index is 1110. The van der Waals surface area contributed by atoms with Crippen LogP contribution in [-0.4, -0.2) is 83.7 Å². The van der Waals surface area contributed by atoms with E-state index in [9.17, 15) is 19.5 Å². The fraction of sp³-hybridized carbons (Fsp3) is 0.519. The van der Waals surface area contributed by atoms with E-state index in [1.165, 1.54) is 0 Å². The number of likely N-dealkylation sites (tertiary alicyclic amines) is 1. The number of nitrogens with zero attached hydrogens (tertiary/aromatic N) is 3. The van der Waals surface area contributed by atoms with Crippen LogP contribution in [0.5, 0.6) is 0 Å². The number of hydrogen-bond acceptors (Lipinski definition) is 5. The summed E-state index contributed by atoms with van der Waals surface area (Å²) in [5.74, 6) is -2.02. The summed E-state index contributed by atoms with van der Waals surface area (Å²) in [5.41, 5.74) is 1.61. The molecule has 35 heavy (non-hydrogen) atoms. The van der Waals surface area contributed by atoms with Gasteiger partial charge in [-0.2, -0.15) is 0 Å². The zero-order valence-electron chi connectivity index (χ0n) is 20.5. The van der Waals surface area contributed by atoms with Gasteiger partial charge in [0.15, 0.2) is 0 Å². The lowest BCUT2D eigenvalue weighted by Crippen LogP contribution is -2.55. The van der Waals surface area contributed by atoms with Gasteiger partial charge in [-0.25, -0.2) is 0 Å². The van der Waals surface area contributed by atoms with Crippen LogP contribution < -0.4 is 4.90 Å². The first-order valence-electron chi connectivity index (χ1n) is 12.4. The first-order chi connectivity index (χ1) is 16.8. The summed E-state index contributed by atoms with van der Waals surface area (Å²) in [6.45, 7) is 5.11. The minimum atomic E-state index is -1.21. The maximum absolute atomic E-state index is 14.3. The van der Waals surface area contributed by atoms with Crippen LogP contribution in [0.3, 0.4) is 0 Å². The van der Waals surface area contributed by atoms with Gasteiger partial charge >= 0.3 is 0 Å². The number of carbonyl (C=O) groups excluding carboxylic acids is 3. The molecule has 0 aromatic heterocycles. The molecule has 3 amide bonds. The van der Waals surface area contributed by atoms with Crippen molar-refractivity contribution in [3.8, 4) is 0 Å². The van der Waals surface area contributed by atoms with Gasteiger partial charge < -0.3 is 24.5 Å². The first kappa shape index (κ1) is 23.8. The van der Waals surface area contributed by atoms with Crippen LogP contribution in [0, 0.1) is 25.7 Å². The summed E-state index contributed by atoms with van der Waals surface area (Å²) < 4.78 is 6.59. The van der Waals surface area contributed by atoms with Crippen LogP contribution in [0.15, 0.2) is 42.5 Å². The number of hydrogen-bond donors (Lipinski definition) is 1. The molecule has 4 aliphatic rings. The van der Waals surface area contributed by atoms with Gasteiger partial charge in [0, 0.05) is 39.0 Å². The molecule has 2 saturated heterocycles. The molecule has 186 valence electrons. The number of ether oxygens (including phenoxy) is 1. The quantitative estimate of drug-likeness (QED) is 0.512. The third-order valence-corrected chi connectivity index (χ3v) is 7.82. The highest BCUT2D eigenvalue weighted by Gasteiger charge is 2.71. The normalized spacial score (nSPS) is 32.0. The van der Waals surface area contributed by atoms with Crippen LogP contribution in [0.4, 0.5) is 5.69 Å². The van der Waals surface area contributed by atoms with Crippen LogP contribution in [0.2, 0.25) is 0 Å². The summed E-state index contributed by atoms with van der Waals surface area (Å²) in [6, 6.07) is 5.12. The molecule has 1 spiro atoms. The van der Waals surface area contributed by atoms with E-state index in [0.717, 1.165) is 16.8 Å². The van der Waals surface area contributed by atoms with Gasteiger partial charge in [0.1, 0.15) is 11.6 Å². The molecular weight excluding hydrogens is 446 g/mol. The van der Waals surface area contributed by atoms with Gasteiger partial charge in [-0.1, -0.05) is 36.4 Å². The second-order valence-corrected chi connectivity index (χ2v) is 10.1. The second-order valence-electron chi connectivity index (χ2n) is 10.1. The van der Waals surface area contributed by atoms with Crippen molar-refractivity contribution in [1.82, 2.24) is 9.80 Å². The molecule has 2 fully saturated rings. The number of amides is 3. The monoisotopic (exact) mass is 479 g/mol. The van der Waals surface area contributed by atoms with Crippen LogP contribution in [-0.2, 0) is 19.1 Å². The highest BCUT2D eigenvalue weighted by Crippen LogP contribution is 2.53. The molecule has 5 rings (SSSR count). The van der Waals surface area contributed by atoms with Crippen molar-refractivity contribution in [1.29, 1.82) is 0 Å². The van der Waals surface area contributed by atoms with E-state index in [1.54, 1.807) is 21.7 Å². The molecule has 0 radical (unpaired) electrons. The average molecular weight is 480 g/mol. The van der Waals surface area contributed by atoms with Gasteiger partial charge in [0.2, 0.25) is 11.8 Å². The van der Waals surface area contributed by atoms with E-state index in [1.807, 2.05) is 56.4 Å². The Balaban J connectivity index is 1.61. The minimum absolute atomic E-state index is 0.0129. The molecule has 8 heteroatoms. The van der Waals surface area contributed by atoms with Gasteiger partial charge in [0.05, 0.1) is 17.9 Å². The molecule has 5 atom stereocenters. The number of unbranched alkanes of at least 4 members (excludes halogenated alkanes) is 1. The van der Waals surface area contributed by atoms with Crippen molar-refractivity contribution in [3.63, 3.8) is 0 Å². The average Bonchev–Trinajstić information content (AvgIpc) is 3.15. The summed E-state index contributed by atoms with van der Waals surface area (Å²) in [4.78, 5) is 46.6. The SMILES string of the molecule is Cc1ccc(C)c(N2CC=C[C@]34O[C@H]5C=CCN(C)C(=O)[C@H]5[C@H]3C(=O)N(CCCCO)C4C2=O)c1. The first-order valence-corrected chi connectivity index (χ1v) is 12.4. The van der Waals surface area contributed by atoms with E-state index in [4.69, 9.17) is 4.74 Å². The Labute approximate surface area is 205 Å². The number of aliphatic hydroxyl groups excluding tert-OH is 1. The molecule has 1 aromatic rings. The Morgan fingerprint density at radius 3 is 2.63 bits per heavy atom. The Kier molecular flexibility index (Phi) is 6.05. The molecule has 1 N–H and O–H groups in total. The zero-order valence-corrected chi connectivity index (χ0v) is 20.5. The van der Waals surface area contributed by atoms with E-state index in [2.05, 4.69) is 0 Å². The Hall–Kier alpha value is -2.97. The van der Waals surface area contributed by atoms with E-state index >= 15 is 0 Å². The number of rotatable bonds is 5. The third-order valence-electron chi connectivity index (χ3n) is 7.82. The molecule has 0 aliphatic carbocycles. The van der Waals surface area contributed by atoms with Gasteiger partial charge in [-0.3, -0.25) is 14.4 Å². The van der Waals surface area contributed by atoms with Gasteiger partial charge in [-0.05, 0) is 43.9 Å². The number of benzene rings is 1. The molecule has 4 aliphatic heterocycles. The molecule has 1 unspecified atom stereocenters. The smallest absolute Gasteiger partial charge is 0.253 e. The van der Waals surface area contributed by atoms with Crippen molar-refractivity contribution < 1.29 is 24.2 Å². The highest BCUT2D eigenvalue weighted by atomic mass is 16.5. The summed E-state index contributed by atoms with van der Waals surface area (Å²) in [7, 11) is 1.73. The molecule has 4 heterocycles. The second kappa shape index (κ2) is 8.91. The maximum atomic E-state index is 14.3. The predicted octanol–water partition coefficient (Wildman–Crippen LogP) is 1.59. The summed E-state index contributed by atoms with van der Waals surface area (Å²) >= 11 is 0. The number of anilines is 1. The van der Waals surface area contributed by atoms with Crippen molar-refractivity contribution in [2.24, 2.45) is 11.8 Å². The van der Waals surface area contributed by atoms with Crippen molar-refractivity contribution >= 4 is 23.4 Å². The van der Waals surface area contributed by atoms with Crippen molar-refractivity contribution in [2.45, 2.75) is 44.4 Å². The highest BCUT2D eigenvalue weighted by molar-refractivity contribution is 6.06.